The summed E-state index contributed by atoms with van der Waals surface area (Å²) < 4.78 is 29.0. The molecule has 2 bridgehead atoms. The maximum Gasteiger partial charge on any atom is 0.411 e. The number of benzene rings is 1. The molecule has 5 heterocycles. The molecule has 1 amide bonds. The highest BCUT2D eigenvalue weighted by Gasteiger charge is 2.46. The molecule has 8 nitrogen and oxygen atoms in total. The van der Waals surface area contributed by atoms with Crippen LogP contribution in [-0.4, -0.2) is 36.8 Å². The number of amides is 1. The zero-order valence-corrected chi connectivity index (χ0v) is 23.5. The first-order chi connectivity index (χ1) is 19.0. The molecule has 0 aliphatic carbocycles. The van der Waals surface area contributed by atoms with E-state index in [-0.39, 0.29) is 30.3 Å². The van der Waals surface area contributed by atoms with Gasteiger partial charge in [0.05, 0.1) is 6.04 Å². The Balaban J connectivity index is 1.28. The van der Waals surface area contributed by atoms with E-state index in [0.29, 0.717) is 22.2 Å². The first-order valence-corrected chi connectivity index (χ1v) is 13.7. The van der Waals surface area contributed by atoms with Crippen molar-refractivity contribution in [3.8, 4) is 11.6 Å². The highest BCUT2D eigenvalue weighted by Crippen LogP contribution is 2.47. The molecule has 6 rings (SSSR count). The van der Waals surface area contributed by atoms with Crippen LogP contribution in [0.2, 0.25) is 5.02 Å². The van der Waals surface area contributed by atoms with Gasteiger partial charge in [-0.05, 0) is 63.9 Å². The molecule has 1 saturated heterocycles. The smallest absolute Gasteiger partial charge is 0.411 e. The molecular formula is C30H30ClFN4O4. The Morgan fingerprint density at radius 1 is 1.15 bits per heavy atom. The van der Waals surface area contributed by atoms with Crippen molar-refractivity contribution >= 4 is 28.7 Å². The summed E-state index contributed by atoms with van der Waals surface area (Å²) in [7, 11) is 1.98. The lowest BCUT2D eigenvalue weighted by molar-refractivity contribution is 0.0124. The monoisotopic (exact) mass is 564 g/mol. The van der Waals surface area contributed by atoms with E-state index in [9.17, 15) is 14.0 Å². The number of nitrogens with zero attached hydrogens (tertiary/aromatic N) is 4. The van der Waals surface area contributed by atoms with Gasteiger partial charge in [-0.25, -0.2) is 14.2 Å². The Bertz CT molecular complexity index is 1710. The number of carbonyl (C=O) groups is 1. The van der Waals surface area contributed by atoms with Gasteiger partial charge in [0.2, 0.25) is 0 Å². The van der Waals surface area contributed by atoms with Crippen LogP contribution in [0.25, 0.3) is 16.9 Å². The van der Waals surface area contributed by atoms with Crippen LogP contribution >= 0.6 is 11.6 Å². The third-order valence-electron chi connectivity index (χ3n) is 7.60. The Kier molecular flexibility index (Phi) is 6.37. The molecule has 4 aromatic rings. The minimum atomic E-state index is -0.564. The number of hydrogen-bond acceptors (Lipinski definition) is 5. The van der Waals surface area contributed by atoms with Gasteiger partial charge in [0.1, 0.15) is 35.2 Å². The molecule has 2 aliphatic heterocycles. The Morgan fingerprint density at radius 2 is 1.95 bits per heavy atom. The van der Waals surface area contributed by atoms with E-state index >= 15 is 0 Å². The lowest BCUT2D eigenvalue weighted by Gasteiger charge is -2.36. The molecular weight excluding hydrogens is 535 g/mol. The van der Waals surface area contributed by atoms with Crippen LogP contribution in [0, 0.1) is 5.82 Å². The number of halogens is 2. The second-order valence-electron chi connectivity index (χ2n) is 11.4. The highest BCUT2D eigenvalue weighted by atomic mass is 35.5. The summed E-state index contributed by atoms with van der Waals surface area (Å²) in [5, 5.41) is 1.28. The van der Waals surface area contributed by atoms with E-state index in [4.69, 9.17) is 26.1 Å². The average molecular weight is 565 g/mol. The zero-order valence-electron chi connectivity index (χ0n) is 22.8. The summed E-state index contributed by atoms with van der Waals surface area (Å²) in [5.41, 5.74) is 2.48. The molecule has 2 unspecified atom stereocenters. The molecule has 208 valence electrons. The number of hydrogen-bond donors (Lipinski definition) is 0. The number of carbonyl (C=O) groups excluding carboxylic acids is 1. The van der Waals surface area contributed by atoms with Crippen LogP contribution in [0.4, 0.5) is 9.18 Å². The Morgan fingerprint density at radius 3 is 2.67 bits per heavy atom. The molecule has 2 aliphatic rings. The average Bonchev–Trinajstić information content (AvgIpc) is 3.35. The van der Waals surface area contributed by atoms with Gasteiger partial charge in [0.25, 0.3) is 5.56 Å². The number of pyridine rings is 2. The van der Waals surface area contributed by atoms with Crippen molar-refractivity contribution in [2.24, 2.45) is 7.05 Å². The summed E-state index contributed by atoms with van der Waals surface area (Å²) in [6, 6.07) is 11.2. The minimum absolute atomic E-state index is 0.0337. The highest BCUT2D eigenvalue weighted by molar-refractivity contribution is 6.30. The van der Waals surface area contributed by atoms with Gasteiger partial charge < -0.3 is 14.0 Å². The molecule has 1 aromatic carbocycles. The second kappa shape index (κ2) is 9.66. The van der Waals surface area contributed by atoms with E-state index in [1.165, 1.54) is 16.7 Å². The molecule has 2 atom stereocenters. The first kappa shape index (κ1) is 26.4. The molecule has 0 saturated carbocycles. The Labute approximate surface area is 235 Å². The van der Waals surface area contributed by atoms with Gasteiger partial charge in [-0.1, -0.05) is 17.7 Å². The molecule has 10 heteroatoms. The largest absolute Gasteiger partial charge is 0.489 e. The van der Waals surface area contributed by atoms with Crippen LogP contribution in [-0.2, 0) is 24.8 Å². The zero-order chi connectivity index (χ0) is 28.3. The topological polar surface area (TPSA) is 78.6 Å². The number of aromatic nitrogens is 3. The van der Waals surface area contributed by atoms with Crippen molar-refractivity contribution in [2.75, 3.05) is 0 Å². The third-order valence-corrected chi connectivity index (χ3v) is 7.84. The predicted molar refractivity (Wildman–Crippen MR) is 150 cm³/mol. The van der Waals surface area contributed by atoms with E-state index in [2.05, 4.69) is 4.57 Å². The van der Waals surface area contributed by atoms with Crippen LogP contribution in [0.1, 0.15) is 56.5 Å². The number of ether oxygens (including phenoxy) is 2. The lowest BCUT2D eigenvalue weighted by Crippen LogP contribution is -2.44. The van der Waals surface area contributed by atoms with Crippen LogP contribution in [0.3, 0.4) is 0 Å². The first-order valence-electron chi connectivity index (χ1n) is 13.3. The Hall–Kier alpha value is -3.85. The minimum Gasteiger partial charge on any atom is -0.489 e. The fraction of sp³-hybridized carbons (Fsp3) is 0.367. The number of aryl methyl sites for hydroxylation is 1. The summed E-state index contributed by atoms with van der Waals surface area (Å²) in [6.45, 7) is 5.61. The van der Waals surface area contributed by atoms with Crippen LogP contribution < -0.4 is 10.3 Å². The quantitative estimate of drug-likeness (QED) is 0.300. The van der Waals surface area contributed by atoms with Gasteiger partial charge >= 0.3 is 6.09 Å². The van der Waals surface area contributed by atoms with Crippen molar-refractivity contribution in [3.05, 3.63) is 86.7 Å². The molecule has 0 radical (unpaired) electrons. The predicted octanol–water partition coefficient (Wildman–Crippen LogP) is 6.09. The molecule has 3 aromatic heterocycles. The van der Waals surface area contributed by atoms with Gasteiger partial charge in [0, 0.05) is 59.0 Å². The molecule has 0 spiro atoms. The fourth-order valence-electron chi connectivity index (χ4n) is 5.84. The molecule has 40 heavy (non-hydrogen) atoms. The van der Waals surface area contributed by atoms with Crippen molar-refractivity contribution in [3.63, 3.8) is 0 Å². The van der Waals surface area contributed by atoms with Gasteiger partial charge in [-0.15, -0.1) is 0 Å². The van der Waals surface area contributed by atoms with Crippen molar-refractivity contribution in [2.45, 2.75) is 64.3 Å². The van der Waals surface area contributed by atoms with E-state index in [1.807, 2.05) is 44.9 Å². The van der Waals surface area contributed by atoms with Crippen molar-refractivity contribution in [1.82, 2.24) is 19.0 Å². The summed E-state index contributed by atoms with van der Waals surface area (Å²) in [4.78, 5) is 32.9. The lowest BCUT2D eigenvalue weighted by atomic mass is 9.98. The van der Waals surface area contributed by atoms with Gasteiger partial charge in [-0.2, -0.15) is 0 Å². The molecule has 0 N–H and O–H groups in total. The third kappa shape index (κ3) is 4.62. The standard InChI is InChI=1S/C30H30ClFN4O4/c1-30(2,3)40-29(38)36-19-7-9-23(36)27-21-8-10-25(33-28(21)34(4)24(27)14-19)35-12-11-20(15-26(35)37)39-16-17-5-6-18(31)13-22(17)32/h5-6,8,10-13,15,19,23H,7,9,14,16H2,1-4H3. The summed E-state index contributed by atoms with van der Waals surface area (Å²) >= 11 is 5.81. The normalized spacial score (nSPS) is 18.2. The van der Waals surface area contributed by atoms with E-state index < -0.39 is 11.4 Å². The van der Waals surface area contributed by atoms with Gasteiger partial charge in [0.15, 0.2) is 0 Å². The van der Waals surface area contributed by atoms with E-state index in [0.717, 1.165) is 41.6 Å². The number of fused-ring (bicyclic) bond motifs is 6. The van der Waals surface area contributed by atoms with Gasteiger partial charge in [-0.3, -0.25) is 14.3 Å². The summed E-state index contributed by atoms with van der Waals surface area (Å²) in [6.07, 6.45) is 3.85. The second-order valence-corrected chi connectivity index (χ2v) is 11.8. The SMILES string of the molecule is Cn1c2c(c3ccc(-n4ccc(OCc5ccc(Cl)cc5F)cc4=O)nc31)C1CCC(C2)N1C(=O)OC(C)(C)C. The maximum absolute atomic E-state index is 14.1. The number of rotatable bonds is 4. The van der Waals surface area contributed by atoms with Crippen LogP contribution in [0.15, 0.2) is 53.5 Å². The molecule has 1 fully saturated rings. The fourth-order valence-corrected chi connectivity index (χ4v) is 6.00. The van der Waals surface area contributed by atoms with E-state index in [1.54, 1.807) is 24.4 Å². The maximum atomic E-state index is 14.1. The van der Waals surface area contributed by atoms with Crippen molar-refractivity contribution in [1.29, 1.82) is 0 Å². The van der Waals surface area contributed by atoms with Crippen molar-refractivity contribution < 1.29 is 18.7 Å². The summed E-state index contributed by atoms with van der Waals surface area (Å²) in [5.74, 6) is 0.329. The van der Waals surface area contributed by atoms with Crippen LogP contribution in [0.5, 0.6) is 5.75 Å².